The fourth-order valence-corrected chi connectivity index (χ4v) is 7.78. The third kappa shape index (κ3) is 2.03. The van der Waals surface area contributed by atoms with Gasteiger partial charge in [0.25, 0.3) is 0 Å². The molecular weight excluding hydrogens is 246 g/mol. The smallest absolute Gasteiger partial charge is 0.0518 e. The molecule has 6 unspecified atom stereocenters. The average molecular weight is 261 g/mol. The predicted molar refractivity (Wildman–Crippen MR) is 74.5 cm³/mol. The lowest BCUT2D eigenvalue weighted by Gasteiger charge is -2.22. The summed E-state index contributed by atoms with van der Waals surface area (Å²) in [6.45, 7) is 2.36. The van der Waals surface area contributed by atoms with Crippen LogP contribution in [0.15, 0.2) is 18.3 Å². The van der Waals surface area contributed by atoms with E-state index in [-0.39, 0.29) is 7.30 Å². The van der Waals surface area contributed by atoms with Gasteiger partial charge in [-0.3, -0.25) is 4.98 Å². The van der Waals surface area contributed by atoms with Gasteiger partial charge in [-0.1, -0.05) is 28.2 Å². The highest BCUT2D eigenvalue weighted by Crippen LogP contribution is 2.76. The Morgan fingerprint density at radius 2 is 2.43 bits per heavy atom. The number of rotatable bonds is 2. The van der Waals surface area contributed by atoms with Gasteiger partial charge >= 0.3 is 0 Å². The molecule has 14 heavy (non-hydrogen) atoms. The van der Waals surface area contributed by atoms with E-state index < -0.39 is 0 Å². The predicted octanol–water partition coefficient (Wildman–Crippen LogP) is 3.97. The summed E-state index contributed by atoms with van der Waals surface area (Å²) in [6.07, 6.45) is 3.15. The van der Waals surface area contributed by atoms with Gasteiger partial charge in [-0.2, -0.15) is 0 Å². The maximum absolute atomic E-state index is 4.56. The first-order chi connectivity index (χ1) is 6.74. The second kappa shape index (κ2) is 4.80. The van der Waals surface area contributed by atoms with E-state index in [1.54, 1.807) is 0 Å². The van der Waals surface area contributed by atoms with Gasteiger partial charge in [0.05, 0.1) is 5.69 Å². The lowest BCUT2D eigenvalue weighted by molar-refractivity contribution is 0.609. The van der Waals surface area contributed by atoms with E-state index in [9.17, 15) is 0 Å². The fourth-order valence-electron chi connectivity index (χ4n) is 2.10. The molecule has 0 saturated carbocycles. The van der Waals surface area contributed by atoms with E-state index in [1.807, 2.05) is 6.20 Å². The van der Waals surface area contributed by atoms with Crippen LogP contribution in [-0.2, 0) is 6.42 Å². The van der Waals surface area contributed by atoms with Crippen LogP contribution in [-0.4, -0.2) is 4.98 Å². The summed E-state index contributed by atoms with van der Waals surface area (Å²) in [7, 11) is 6.94. The van der Waals surface area contributed by atoms with Crippen LogP contribution in [0.4, 0.5) is 0 Å². The molecule has 5 heteroatoms. The molecule has 1 aliphatic carbocycles. The first-order valence-electron chi connectivity index (χ1n) is 4.68. The minimum Gasteiger partial charge on any atom is -0.260 e. The van der Waals surface area contributed by atoms with Crippen LogP contribution in [0.1, 0.15) is 23.8 Å². The highest BCUT2D eigenvalue weighted by molar-refractivity contribution is 8.61. The van der Waals surface area contributed by atoms with Crippen molar-refractivity contribution in [2.24, 2.45) is 5.92 Å². The normalized spacial score (nSPS) is 28.2. The Bertz CT molecular complexity index is 326. The van der Waals surface area contributed by atoms with Gasteiger partial charge in [-0.05, 0) is 24.0 Å². The van der Waals surface area contributed by atoms with Crippen LogP contribution in [0.25, 0.3) is 0 Å². The highest BCUT2D eigenvalue weighted by Gasteiger charge is 2.33. The summed E-state index contributed by atoms with van der Waals surface area (Å²) in [4.78, 5) is 4.56. The van der Waals surface area contributed by atoms with Crippen molar-refractivity contribution in [3.63, 3.8) is 0 Å². The van der Waals surface area contributed by atoms with Crippen LogP contribution < -0.4 is 0 Å². The van der Waals surface area contributed by atoms with Gasteiger partial charge in [-0.25, -0.2) is 0 Å². The van der Waals surface area contributed by atoms with Crippen molar-refractivity contribution in [3.05, 3.63) is 29.6 Å². The van der Waals surface area contributed by atoms with Crippen molar-refractivity contribution in [1.82, 2.24) is 4.98 Å². The van der Waals surface area contributed by atoms with Gasteiger partial charge in [-0.15, -0.1) is 17.9 Å². The fraction of sp³-hybridized carbons (Fsp3) is 0.444. The summed E-state index contributed by atoms with van der Waals surface area (Å²) in [5.41, 5.74) is 3.56. The highest BCUT2D eigenvalue weighted by atomic mass is 32.6. The van der Waals surface area contributed by atoms with Crippen LogP contribution >= 0.6 is 33.1 Å². The SMILES string of the molecule is CC1Cc2cccnc2C1P(P)PP. The third-order valence-corrected chi connectivity index (χ3v) is 13.8. The maximum atomic E-state index is 4.56. The van der Waals surface area contributed by atoms with E-state index in [0.29, 0.717) is 5.66 Å². The molecule has 1 heterocycles. The van der Waals surface area contributed by atoms with Crippen molar-refractivity contribution in [2.75, 3.05) is 0 Å². The summed E-state index contributed by atoms with van der Waals surface area (Å²) >= 11 is 0. The lowest BCUT2D eigenvalue weighted by Crippen LogP contribution is -1.98. The summed E-state index contributed by atoms with van der Waals surface area (Å²) < 4.78 is 0. The Hall–Kier alpha value is 0.870. The van der Waals surface area contributed by atoms with Gasteiger partial charge < -0.3 is 0 Å². The number of hydrogen-bond acceptors (Lipinski definition) is 1. The molecular formula is C9H15NP4. The van der Waals surface area contributed by atoms with E-state index >= 15 is 0 Å². The van der Waals surface area contributed by atoms with Crippen LogP contribution in [0.2, 0.25) is 0 Å². The van der Waals surface area contributed by atoms with Crippen molar-refractivity contribution in [2.45, 2.75) is 19.0 Å². The summed E-state index contributed by atoms with van der Waals surface area (Å²) in [5, 5.41) is 0. The maximum Gasteiger partial charge on any atom is 0.0518 e. The Morgan fingerprint density at radius 1 is 1.64 bits per heavy atom. The van der Waals surface area contributed by atoms with Gasteiger partial charge in [0, 0.05) is 11.9 Å². The molecule has 0 radical (unpaired) electrons. The first kappa shape index (κ1) is 11.4. The molecule has 6 atom stereocenters. The first-order valence-corrected chi connectivity index (χ1v) is 11.4. The van der Waals surface area contributed by atoms with Crippen LogP contribution in [0.5, 0.6) is 0 Å². The molecule has 0 aromatic carbocycles. The molecule has 1 aromatic rings. The van der Waals surface area contributed by atoms with E-state index in [0.717, 1.165) is 13.9 Å². The molecule has 76 valence electrons. The molecule has 1 nitrogen and oxygen atoms in total. The molecule has 1 aliphatic rings. The number of pyridine rings is 1. The molecule has 0 fully saturated rings. The van der Waals surface area contributed by atoms with E-state index in [4.69, 9.17) is 0 Å². The minimum atomic E-state index is 0.0395. The Kier molecular flexibility index (Phi) is 3.90. The average Bonchev–Trinajstić information content (AvgIpc) is 2.53. The molecule has 0 N–H and O–H groups in total. The molecule has 0 bridgehead atoms. The van der Waals surface area contributed by atoms with Crippen LogP contribution in [0.3, 0.4) is 0 Å². The number of fused-ring (bicyclic) bond motifs is 1. The van der Waals surface area contributed by atoms with E-state index in [2.05, 4.69) is 41.9 Å². The Labute approximate surface area is 92.9 Å². The zero-order valence-corrected chi connectivity index (χ0v) is 12.3. The summed E-state index contributed by atoms with van der Waals surface area (Å²) in [5.74, 6) is 0.775. The van der Waals surface area contributed by atoms with Crippen LogP contribution in [0, 0.1) is 5.92 Å². The Morgan fingerprint density at radius 3 is 3.14 bits per heavy atom. The molecule has 0 aliphatic heterocycles. The molecule has 0 saturated heterocycles. The van der Waals surface area contributed by atoms with Gasteiger partial charge in [0.15, 0.2) is 0 Å². The quantitative estimate of drug-likeness (QED) is 0.734. The molecule has 1 aromatic heterocycles. The minimum absolute atomic E-state index is 0.0395. The Balaban J connectivity index is 2.34. The van der Waals surface area contributed by atoms with Gasteiger partial charge in [0.2, 0.25) is 0 Å². The second-order valence-corrected chi connectivity index (χ2v) is 13.2. The van der Waals surface area contributed by atoms with Crippen molar-refractivity contribution in [3.8, 4) is 0 Å². The second-order valence-electron chi connectivity index (χ2n) is 3.71. The monoisotopic (exact) mass is 261 g/mol. The standard InChI is InChI=1S/C9H15NP4/c1-6-5-7-3-2-4-10-8(7)9(6)14(12)13-11/h2-4,6,9,13H,5,11-12H2,1H3. The van der Waals surface area contributed by atoms with Crippen molar-refractivity contribution >= 4 is 33.1 Å². The number of nitrogens with zero attached hydrogens (tertiary/aromatic N) is 1. The number of hydrogen-bond donors (Lipinski definition) is 0. The van der Waals surface area contributed by atoms with Gasteiger partial charge in [0.1, 0.15) is 0 Å². The topological polar surface area (TPSA) is 12.9 Å². The summed E-state index contributed by atoms with van der Waals surface area (Å²) in [6, 6.07) is 4.29. The number of aromatic nitrogens is 1. The lowest BCUT2D eigenvalue weighted by atomic mass is 10.1. The van der Waals surface area contributed by atoms with Crippen molar-refractivity contribution in [1.29, 1.82) is 0 Å². The zero-order chi connectivity index (χ0) is 10.1. The molecule has 0 spiro atoms. The van der Waals surface area contributed by atoms with Crippen molar-refractivity contribution < 1.29 is 0 Å². The molecule has 0 amide bonds. The molecule has 2 rings (SSSR count). The largest absolute Gasteiger partial charge is 0.260 e. The zero-order valence-electron chi connectivity index (χ0n) is 8.14. The third-order valence-electron chi connectivity index (χ3n) is 2.74. The van der Waals surface area contributed by atoms with E-state index in [1.165, 1.54) is 17.7 Å².